The highest BCUT2D eigenvalue weighted by Gasteiger charge is 2.41. The van der Waals surface area contributed by atoms with E-state index in [1.54, 1.807) is 31.2 Å². The number of amides is 2. The molecule has 0 aliphatic carbocycles. The Bertz CT molecular complexity index is 1630. The highest BCUT2D eigenvalue weighted by Crippen LogP contribution is 2.20. The van der Waals surface area contributed by atoms with Crippen molar-refractivity contribution in [3.05, 3.63) is 93.2 Å². The maximum Gasteiger partial charge on any atom is 0.471 e. The summed E-state index contributed by atoms with van der Waals surface area (Å²) in [5, 5.41) is 6.93. The van der Waals surface area contributed by atoms with Gasteiger partial charge in [0.1, 0.15) is 6.54 Å². The molecule has 41 heavy (non-hydrogen) atoms. The molecule has 0 fully saturated rings. The smallest absolute Gasteiger partial charge is 0.365 e. The summed E-state index contributed by atoms with van der Waals surface area (Å²) >= 11 is 0. The van der Waals surface area contributed by atoms with Crippen molar-refractivity contribution in [3.63, 3.8) is 0 Å². The first-order chi connectivity index (χ1) is 19.4. The average molecular weight is 569 g/mol. The lowest BCUT2D eigenvalue weighted by molar-refractivity contribution is -0.184. The molecule has 216 valence electrons. The maximum atomic E-state index is 13.0. The van der Waals surface area contributed by atoms with Crippen LogP contribution in [-0.4, -0.2) is 51.0 Å². The normalized spacial score (nSPS) is 11.5. The summed E-state index contributed by atoms with van der Waals surface area (Å²) in [4.78, 5) is 45.1. The Kier molecular flexibility index (Phi) is 8.80. The molecule has 0 aliphatic rings. The molecular weight excluding hydrogens is 537 g/mol. The third-order valence-corrected chi connectivity index (χ3v) is 6.70. The summed E-state index contributed by atoms with van der Waals surface area (Å²) in [6, 6.07) is 12.8. The number of rotatable bonds is 10. The van der Waals surface area contributed by atoms with Crippen LogP contribution in [0.1, 0.15) is 27.9 Å². The molecule has 0 unspecified atom stereocenters. The van der Waals surface area contributed by atoms with Gasteiger partial charge in [-0.1, -0.05) is 30.3 Å². The molecule has 0 saturated heterocycles. The van der Waals surface area contributed by atoms with Crippen LogP contribution in [0.3, 0.4) is 0 Å². The predicted octanol–water partition coefficient (Wildman–Crippen LogP) is 3.83. The lowest BCUT2D eigenvalue weighted by atomic mass is 10.1. The van der Waals surface area contributed by atoms with Crippen molar-refractivity contribution in [1.82, 2.24) is 24.8 Å². The topological polar surface area (TPSA) is 112 Å². The third-order valence-electron chi connectivity index (χ3n) is 6.70. The third kappa shape index (κ3) is 7.33. The molecule has 4 rings (SSSR count). The second-order valence-electron chi connectivity index (χ2n) is 9.92. The number of hydrogen-bond acceptors (Lipinski definition) is 5. The molecule has 0 bridgehead atoms. The highest BCUT2D eigenvalue weighted by molar-refractivity contribution is 5.84. The number of carbonyl (C=O) groups excluding carboxylic acids is 2. The molecule has 2 aromatic carbocycles. The summed E-state index contributed by atoms with van der Waals surface area (Å²) in [7, 11) is 1.10. The van der Waals surface area contributed by atoms with Crippen molar-refractivity contribution in [1.29, 1.82) is 0 Å². The van der Waals surface area contributed by atoms with Crippen LogP contribution in [0.15, 0.2) is 59.7 Å². The molecule has 0 spiro atoms. The van der Waals surface area contributed by atoms with Crippen molar-refractivity contribution in [2.45, 2.75) is 46.1 Å². The fourth-order valence-corrected chi connectivity index (χ4v) is 4.48. The fraction of sp³-hybridized carbons (Fsp3) is 0.310. The van der Waals surface area contributed by atoms with Gasteiger partial charge in [0.05, 0.1) is 0 Å². The number of aromatic amines is 1. The summed E-state index contributed by atoms with van der Waals surface area (Å²) < 4.78 is 39.3. The van der Waals surface area contributed by atoms with Crippen LogP contribution in [0.4, 0.5) is 19.0 Å². The summed E-state index contributed by atoms with van der Waals surface area (Å²) in [5.74, 6) is -2.14. The van der Waals surface area contributed by atoms with E-state index < -0.39 is 17.6 Å². The molecule has 0 atom stereocenters. The first kappa shape index (κ1) is 29.4. The minimum absolute atomic E-state index is 0.0865. The van der Waals surface area contributed by atoms with E-state index in [9.17, 15) is 27.6 Å². The van der Waals surface area contributed by atoms with Gasteiger partial charge in [0.2, 0.25) is 5.91 Å². The van der Waals surface area contributed by atoms with Crippen molar-refractivity contribution in [3.8, 4) is 0 Å². The van der Waals surface area contributed by atoms with E-state index in [-0.39, 0.29) is 24.8 Å². The Morgan fingerprint density at radius 2 is 1.83 bits per heavy atom. The zero-order valence-corrected chi connectivity index (χ0v) is 22.9. The van der Waals surface area contributed by atoms with Gasteiger partial charge in [-0.2, -0.15) is 13.2 Å². The van der Waals surface area contributed by atoms with Gasteiger partial charge in [-0.25, -0.2) is 4.98 Å². The van der Waals surface area contributed by atoms with Crippen LogP contribution in [0.5, 0.6) is 0 Å². The summed E-state index contributed by atoms with van der Waals surface area (Å²) in [5.41, 5.74) is 4.53. The van der Waals surface area contributed by atoms with Crippen LogP contribution in [0, 0.1) is 13.8 Å². The standard InChI is InChI=1S/C29H31F3N6O3/c1-18-13-34-24-8-7-21(12-23(18)24)15-35-25(39)17-38-19(2)14-36-26(27(38)40)33-10-9-20-5-4-6-22(11-20)16-37(3)28(41)29(30,31)32/h4-8,11-14,34H,9-10,15-17H2,1-3H3,(H,33,36)(H,35,39). The number of fused-ring (bicyclic) bond motifs is 1. The first-order valence-electron chi connectivity index (χ1n) is 13.0. The maximum absolute atomic E-state index is 13.0. The molecule has 3 N–H and O–H groups in total. The van der Waals surface area contributed by atoms with Crippen molar-refractivity contribution in [2.75, 3.05) is 18.9 Å². The van der Waals surface area contributed by atoms with Gasteiger partial charge in [-0.3, -0.25) is 19.0 Å². The van der Waals surface area contributed by atoms with Crippen molar-refractivity contribution < 1.29 is 22.8 Å². The zero-order valence-electron chi connectivity index (χ0n) is 22.9. The largest absolute Gasteiger partial charge is 0.471 e. The number of halogens is 3. The molecule has 2 aromatic heterocycles. The Labute approximate surface area is 234 Å². The number of aromatic nitrogens is 3. The van der Waals surface area contributed by atoms with Gasteiger partial charge >= 0.3 is 12.1 Å². The number of alkyl halides is 3. The lowest BCUT2D eigenvalue weighted by Gasteiger charge is -2.19. The van der Waals surface area contributed by atoms with Gasteiger partial charge < -0.3 is 20.5 Å². The first-order valence-corrected chi connectivity index (χ1v) is 13.0. The van der Waals surface area contributed by atoms with Gasteiger partial charge in [-0.15, -0.1) is 0 Å². The van der Waals surface area contributed by atoms with E-state index in [0.29, 0.717) is 35.7 Å². The Balaban J connectivity index is 1.33. The van der Waals surface area contributed by atoms with E-state index in [4.69, 9.17) is 0 Å². The van der Waals surface area contributed by atoms with Gasteiger partial charge in [0.25, 0.3) is 5.56 Å². The highest BCUT2D eigenvalue weighted by atomic mass is 19.4. The van der Waals surface area contributed by atoms with E-state index in [1.807, 2.05) is 31.3 Å². The lowest BCUT2D eigenvalue weighted by Crippen LogP contribution is -2.37. The van der Waals surface area contributed by atoms with E-state index in [2.05, 4.69) is 20.6 Å². The Hall–Kier alpha value is -4.61. The number of nitrogens with zero attached hydrogens (tertiary/aromatic N) is 3. The minimum atomic E-state index is -4.93. The number of nitrogens with one attached hydrogen (secondary N) is 3. The molecular formula is C29H31F3N6O3. The predicted molar refractivity (Wildman–Crippen MR) is 149 cm³/mol. The molecule has 4 aromatic rings. The number of H-pyrrole nitrogens is 1. The van der Waals surface area contributed by atoms with Crippen molar-refractivity contribution >= 4 is 28.5 Å². The van der Waals surface area contributed by atoms with E-state index in [1.165, 1.54) is 10.8 Å². The Morgan fingerprint density at radius 1 is 1.07 bits per heavy atom. The second kappa shape index (κ2) is 12.3. The molecule has 12 heteroatoms. The Morgan fingerprint density at radius 3 is 2.59 bits per heavy atom. The quantitative estimate of drug-likeness (QED) is 0.269. The summed E-state index contributed by atoms with van der Waals surface area (Å²) in [6.07, 6.45) is -1.04. The number of hydrogen-bond donors (Lipinski definition) is 3. The van der Waals surface area contributed by atoms with E-state index >= 15 is 0 Å². The molecule has 0 radical (unpaired) electrons. The average Bonchev–Trinajstić information content (AvgIpc) is 3.30. The SMILES string of the molecule is Cc1c[nH]c2ccc(CNC(=O)Cn3c(C)cnc(NCCc4cccc(CN(C)C(=O)C(F)(F)F)c4)c3=O)cc12. The number of aryl methyl sites for hydroxylation is 2. The van der Waals surface area contributed by atoms with Crippen LogP contribution in [0.2, 0.25) is 0 Å². The number of benzene rings is 2. The van der Waals surface area contributed by atoms with Crippen molar-refractivity contribution in [2.24, 2.45) is 0 Å². The molecule has 2 amide bonds. The summed E-state index contributed by atoms with van der Waals surface area (Å²) in [6.45, 7) is 3.99. The number of anilines is 1. The van der Waals surface area contributed by atoms with Gasteiger partial charge in [0.15, 0.2) is 5.82 Å². The molecule has 0 aliphatic heterocycles. The van der Waals surface area contributed by atoms with Crippen LogP contribution in [-0.2, 0) is 35.6 Å². The van der Waals surface area contributed by atoms with Crippen LogP contribution < -0.4 is 16.2 Å². The molecule has 0 saturated carbocycles. The van der Waals surface area contributed by atoms with Gasteiger partial charge in [-0.05, 0) is 54.7 Å². The monoisotopic (exact) mass is 568 g/mol. The minimum Gasteiger partial charge on any atom is -0.365 e. The zero-order chi connectivity index (χ0) is 29.7. The second-order valence-corrected chi connectivity index (χ2v) is 9.92. The molecule has 2 heterocycles. The fourth-order valence-electron chi connectivity index (χ4n) is 4.48. The van der Waals surface area contributed by atoms with Crippen LogP contribution >= 0.6 is 0 Å². The number of carbonyl (C=O) groups is 2. The molecule has 9 nitrogen and oxygen atoms in total. The van der Waals surface area contributed by atoms with E-state index in [0.717, 1.165) is 34.6 Å². The van der Waals surface area contributed by atoms with Gasteiger partial charge in [0, 0.05) is 55.7 Å². The van der Waals surface area contributed by atoms with Crippen LogP contribution in [0.25, 0.3) is 10.9 Å².